The van der Waals surface area contributed by atoms with E-state index in [-0.39, 0.29) is 0 Å². The number of fused-ring (bicyclic) bond motifs is 1. The lowest BCUT2D eigenvalue weighted by molar-refractivity contribution is 0.0792. The summed E-state index contributed by atoms with van der Waals surface area (Å²) in [6, 6.07) is 12.8. The van der Waals surface area contributed by atoms with E-state index in [0.717, 1.165) is 15.6 Å². The SMILES string of the molecule is CC(C)(O)c1ccc(Br)cc1-c1ccc2c(c1)CCC2. The summed E-state index contributed by atoms with van der Waals surface area (Å²) >= 11 is 3.54. The van der Waals surface area contributed by atoms with Gasteiger partial charge in [-0.3, -0.25) is 0 Å². The van der Waals surface area contributed by atoms with Crippen LogP contribution in [0.4, 0.5) is 0 Å². The predicted octanol–water partition coefficient (Wildman–Crippen LogP) is 4.83. The van der Waals surface area contributed by atoms with Crippen molar-refractivity contribution in [2.24, 2.45) is 0 Å². The summed E-state index contributed by atoms with van der Waals surface area (Å²) in [6.45, 7) is 3.68. The van der Waals surface area contributed by atoms with E-state index in [1.807, 2.05) is 26.0 Å². The third kappa shape index (κ3) is 2.55. The molecular formula is C18H19BrO. The van der Waals surface area contributed by atoms with E-state index in [9.17, 15) is 5.11 Å². The summed E-state index contributed by atoms with van der Waals surface area (Å²) < 4.78 is 1.04. The van der Waals surface area contributed by atoms with E-state index >= 15 is 0 Å². The van der Waals surface area contributed by atoms with Crippen LogP contribution in [-0.2, 0) is 18.4 Å². The number of halogens is 1. The maximum absolute atomic E-state index is 10.4. The van der Waals surface area contributed by atoms with Gasteiger partial charge in [-0.15, -0.1) is 0 Å². The van der Waals surface area contributed by atoms with E-state index in [1.54, 1.807) is 0 Å². The molecule has 3 rings (SSSR count). The van der Waals surface area contributed by atoms with Gasteiger partial charge < -0.3 is 5.11 Å². The van der Waals surface area contributed by atoms with Gasteiger partial charge in [0.2, 0.25) is 0 Å². The summed E-state index contributed by atoms with van der Waals surface area (Å²) in [5.41, 5.74) is 5.39. The minimum absolute atomic E-state index is 0.838. The Morgan fingerprint density at radius 3 is 2.50 bits per heavy atom. The van der Waals surface area contributed by atoms with Crippen molar-refractivity contribution in [1.82, 2.24) is 0 Å². The molecule has 1 nitrogen and oxygen atoms in total. The topological polar surface area (TPSA) is 20.2 Å². The molecule has 2 aromatic rings. The fraction of sp³-hybridized carbons (Fsp3) is 0.333. The van der Waals surface area contributed by atoms with Crippen LogP contribution in [0.25, 0.3) is 11.1 Å². The first-order valence-corrected chi connectivity index (χ1v) is 7.89. The Balaban J connectivity index is 2.16. The van der Waals surface area contributed by atoms with Gasteiger partial charge in [0.1, 0.15) is 0 Å². The summed E-state index contributed by atoms with van der Waals surface area (Å²) in [4.78, 5) is 0. The molecule has 0 saturated heterocycles. The van der Waals surface area contributed by atoms with Crippen LogP contribution in [-0.4, -0.2) is 5.11 Å². The molecule has 0 aromatic heterocycles. The minimum Gasteiger partial charge on any atom is -0.386 e. The van der Waals surface area contributed by atoms with E-state index in [1.165, 1.54) is 36.0 Å². The Morgan fingerprint density at radius 2 is 1.75 bits per heavy atom. The molecule has 1 aliphatic carbocycles. The quantitative estimate of drug-likeness (QED) is 0.835. The molecule has 104 valence electrons. The average Bonchev–Trinajstić information content (AvgIpc) is 2.84. The van der Waals surface area contributed by atoms with E-state index in [2.05, 4.69) is 40.2 Å². The molecule has 0 aliphatic heterocycles. The Morgan fingerprint density at radius 1 is 1.00 bits per heavy atom. The Hall–Kier alpha value is -1.12. The van der Waals surface area contributed by atoms with Gasteiger partial charge in [-0.1, -0.05) is 40.2 Å². The molecule has 0 bridgehead atoms. The number of rotatable bonds is 2. The first-order valence-electron chi connectivity index (χ1n) is 7.10. The van der Waals surface area contributed by atoms with Crippen molar-refractivity contribution in [2.45, 2.75) is 38.7 Å². The molecule has 1 N–H and O–H groups in total. The Labute approximate surface area is 128 Å². The molecule has 0 spiro atoms. The summed E-state index contributed by atoms with van der Waals surface area (Å²) in [6.07, 6.45) is 3.64. The molecule has 0 radical (unpaired) electrons. The summed E-state index contributed by atoms with van der Waals surface area (Å²) in [7, 11) is 0. The average molecular weight is 331 g/mol. The normalized spacial score (nSPS) is 14.4. The molecule has 0 unspecified atom stereocenters. The number of aliphatic hydroxyl groups is 1. The summed E-state index contributed by atoms with van der Waals surface area (Å²) in [5, 5.41) is 10.4. The first kappa shape index (κ1) is 13.8. The van der Waals surface area contributed by atoms with E-state index < -0.39 is 5.60 Å². The van der Waals surface area contributed by atoms with E-state index in [4.69, 9.17) is 0 Å². The zero-order valence-electron chi connectivity index (χ0n) is 11.9. The van der Waals surface area contributed by atoms with Gasteiger partial charge in [0.15, 0.2) is 0 Å². The third-order valence-electron chi connectivity index (χ3n) is 4.05. The van der Waals surface area contributed by atoms with Crippen LogP contribution in [0.15, 0.2) is 40.9 Å². The van der Waals surface area contributed by atoms with Crippen molar-refractivity contribution < 1.29 is 5.11 Å². The lowest BCUT2D eigenvalue weighted by atomic mass is 9.89. The number of benzene rings is 2. The summed E-state index contributed by atoms with van der Waals surface area (Å²) in [5.74, 6) is 0. The lowest BCUT2D eigenvalue weighted by Crippen LogP contribution is -2.16. The predicted molar refractivity (Wildman–Crippen MR) is 86.8 cm³/mol. The number of hydrogen-bond acceptors (Lipinski definition) is 1. The maximum atomic E-state index is 10.4. The molecule has 0 heterocycles. The Kier molecular flexibility index (Phi) is 3.47. The third-order valence-corrected chi connectivity index (χ3v) is 4.54. The lowest BCUT2D eigenvalue weighted by Gasteiger charge is -2.22. The highest BCUT2D eigenvalue weighted by Crippen LogP contribution is 2.35. The van der Waals surface area contributed by atoms with Gasteiger partial charge in [-0.2, -0.15) is 0 Å². The fourth-order valence-electron chi connectivity index (χ4n) is 3.03. The minimum atomic E-state index is -0.838. The molecule has 0 amide bonds. The standard InChI is InChI=1S/C18H19BrO/c1-18(2,20)17-9-8-15(19)11-16(17)14-7-6-12-4-3-5-13(12)10-14/h6-11,20H,3-5H2,1-2H3. The molecule has 0 atom stereocenters. The van der Waals surface area contributed by atoms with Gasteiger partial charge >= 0.3 is 0 Å². The Bertz CT molecular complexity index is 653. The number of aryl methyl sites for hydroxylation is 2. The van der Waals surface area contributed by atoms with Crippen molar-refractivity contribution in [3.8, 4) is 11.1 Å². The smallest absolute Gasteiger partial charge is 0.0846 e. The molecule has 2 aromatic carbocycles. The van der Waals surface area contributed by atoms with Crippen LogP contribution >= 0.6 is 15.9 Å². The van der Waals surface area contributed by atoms with Gasteiger partial charge in [-0.25, -0.2) is 0 Å². The first-order chi connectivity index (χ1) is 9.45. The molecule has 0 fully saturated rings. The second-order valence-electron chi connectivity index (χ2n) is 6.09. The van der Waals surface area contributed by atoms with Crippen LogP contribution in [0, 0.1) is 0 Å². The fourth-order valence-corrected chi connectivity index (χ4v) is 3.39. The molecule has 0 saturated carbocycles. The van der Waals surface area contributed by atoms with Crippen molar-refractivity contribution in [3.63, 3.8) is 0 Å². The number of hydrogen-bond donors (Lipinski definition) is 1. The second-order valence-corrected chi connectivity index (χ2v) is 7.00. The highest BCUT2D eigenvalue weighted by atomic mass is 79.9. The van der Waals surface area contributed by atoms with Crippen molar-refractivity contribution >= 4 is 15.9 Å². The monoisotopic (exact) mass is 330 g/mol. The van der Waals surface area contributed by atoms with Gasteiger partial charge in [0.25, 0.3) is 0 Å². The van der Waals surface area contributed by atoms with Crippen molar-refractivity contribution in [1.29, 1.82) is 0 Å². The molecule has 2 heteroatoms. The zero-order chi connectivity index (χ0) is 14.3. The van der Waals surface area contributed by atoms with Gasteiger partial charge in [-0.05, 0) is 73.1 Å². The molecule has 1 aliphatic rings. The van der Waals surface area contributed by atoms with Crippen molar-refractivity contribution in [2.75, 3.05) is 0 Å². The maximum Gasteiger partial charge on any atom is 0.0846 e. The second kappa shape index (κ2) is 5.01. The largest absolute Gasteiger partial charge is 0.386 e. The van der Waals surface area contributed by atoms with Crippen LogP contribution in [0.5, 0.6) is 0 Å². The van der Waals surface area contributed by atoms with Crippen LogP contribution in [0.3, 0.4) is 0 Å². The van der Waals surface area contributed by atoms with Gasteiger partial charge in [0.05, 0.1) is 5.60 Å². The molecular weight excluding hydrogens is 312 g/mol. The van der Waals surface area contributed by atoms with Crippen molar-refractivity contribution in [3.05, 3.63) is 57.6 Å². The van der Waals surface area contributed by atoms with Crippen LogP contribution in [0.1, 0.15) is 37.0 Å². The molecule has 20 heavy (non-hydrogen) atoms. The zero-order valence-corrected chi connectivity index (χ0v) is 13.5. The van der Waals surface area contributed by atoms with E-state index in [0.29, 0.717) is 0 Å². The highest BCUT2D eigenvalue weighted by Gasteiger charge is 2.21. The highest BCUT2D eigenvalue weighted by molar-refractivity contribution is 9.10. The van der Waals surface area contributed by atoms with Gasteiger partial charge in [0, 0.05) is 4.47 Å². The van der Waals surface area contributed by atoms with Crippen LogP contribution in [0.2, 0.25) is 0 Å². The van der Waals surface area contributed by atoms with Crippen LogP contribution < -0.4 is 0 Å².